The summed E-state index contributed by atoms with van der Waals surface area (Å²) < 4.78 is 1.73. The summed E-state index contributed by atoms with van der Waals surface area (Å²) in [6.45, 7) is 15.0. The molecule has 1 aromatic carbocycles. The number of aryl methyl sites for hydroxylation is 1. The number of anilines is 3. The summed E-state index contributed by atoms with van der Waals surface area (Å²) in [6.07, 6.45) is 4.00. The Labute approximate surface area is 297 Å². The fourth-order valence-corrected chi connectivity index (χ4v) is 7.72. The van der Waals surface area contributed by atoms with Crippen molar-refractivity contribution in [2.24, 2.45) is 0 Å². The summed E-state index contributed by atoms with van der Waals surface area (Å²) in [5, 5.41) is 1.56. The molecule has 2 aliphatic rings. The number of fused-ring (bicyclic) bond motifs is 5. The van der Waals surface area contributed by atoms with Gasteiger partial charge in [-0.15, -0.1) is 0 Å². The van der Waals surface area contributed by atoms with Crippen molar-refractivity contribution in [3.8, 4) is 16.9 Å². The van der Waals surface area contributed by atoms with Crippen LogP contribution in [0.4, 0.5) is 17.1 Å². The minimum atomic E-state index is -0.180. The molecule has 0 spiro atoms. The highest BCUT2D eigenvalue weighted by Crippen LogP contribution is 2.44. The van der Waals surface area contributed by atoms with Gasteiger partial charge >= 0.3 is 0 Å². The monoisotopic (exact) mass is 702 g/mol. The van der Waals surface area contributed by atoms with Gasteiger partial charge in [0.2, 0.25) is 5.91 Å². The first-order valence-corrected chi connectivity index (χ1v) is 17.5. The predicted molar refractivity (Wildman–Crippen MR) is 202 cm³/mol. The summed E-state index contributed by atoms with van der Waals surface area (Å²) >= 11 is 13.8. The van der Waals surface area contributed by atoms with Crippen molar-refractivity contribution < 1.29 is 4.79 Å². The maximum atomic E-state index is 15.4. The maximum absolute atomic E-state index is 15.4. The third kappa shape index (κ3) is 6.26. The number of nitrogens with two attached hydrogens (primary N) is 1. The molecule has 2 aliphatic heterocycles. The minimum Gasteiger partial charge on any atom is -0.399 e. The van der Waals surface area contributed by atoms with Crippen molar-refractivity contribution in [1.29, 1.82) is 0 Å². The summed E-state index contributed by atoms with van der Waals surface area (Å²) in [7, 11) is 4.09. The molecule has 1 amide bonds. The SMILES string of the molecule is C=CC(=O)N1CC2CN(CCCN(C)C)c3c(c4cc(Cl)c(-c5cc(N)ccc5Cl)nc4n(-c4c(C)ccnc4C(C)C)c3=O)N2CC1C. The molecule has 1 fully saturated rings. The predicted octanol–water partition coefficient (Wildman–Crippen LogP) is 6.13. The summed E-state index contributed by atoms with van der Waals surface area (Å²) in [4.78, 5) is 46.8. The number of benzene rings is 1. The molecule has 2 atom stereocenters. The maximum Gasteiger partial charge on any atom is 0.282 e. The van der Waals surface area contributed by atoms with E-state index in [4.69, 9.17) is 38.9 Å². The second kappa shape index (κ2) is 13.7. The van der Waals surface area contributed by atoms with E-state index in [9.17, 15) is 4.79 Å². The lowest BCUT2D eigenvalue weighted by Gasteiger charge is -2.52. The number of aromatic nitrogens is 3. The zero-order valence-electron chi connectivity index (χ0n) is 29.0. The van der Waals surface area contributed by atoms with Gasteiger partial charge in [0, 0.05) is 55.1 Å². The Hall–Kier alpha value is -4.12. The summed E-state index contributed by atoms with van der Waals surface area (Å²) in [5.41, 5.74) is 11.8. The van der Waals surface area contributed by atoms with E-state index in [-0.39, 0.29) is 29.5 Å². The average molecular weight is 704 g/mol. The van der Waals surface area contributed by atoms with Crippen molar-refractivity contribution in [3.63, 3.8) is 0 Å². The number of halogens is 2. The van der Waals surface area contributed by atoms with Gasteiger partial charge in [0.25, 0.3) is 5.56 Å². The topological polar surface area (TPSA) is 104 Å². The Kier molecular flexibility index (Phi) is 9.68. The van der Waals surface area contributed by atoms with Crippen LogP contribution in [0, 0.1) is 6.92 Å². The molecule has 2 N–H and O–H groups in total. The fraction of sp³-hybridized carbons (Fsp3) is 0.405. The van der Waals surface area contributed by atoms with Crippen molar-refractivity contribution in [2.45, 2.75) is 52.1 Å². The van der Waals surface area contributed by atoms with Crippen LogP contribution in [0.1, 0.15) is 44.4 Å². The molecule has 0 saturated carbocycles. The number of carbonyl (C=O) groups excluding carboxylic acids is 1. The van der Waals surface area contributed by atoms with Crippen LogP contribution in [0.25, 0.3) is 28.0 Å². The molecule has 2 unspecified atom stereocenters. The van der Waals surface area contributed by atoms with Crippen LogP contribution in [0.2, 0.25) is 10.0 Å². The Morgan fingerprint density at radius 2 is 1.86 bits per heavy atom. The number of pyridine rings is 3. The van der Waals surface area contributed by atoms with Gasteiger partial charge in [0.15, 0.2) is 0 Å². The minimum absolute atomic E-state index is 0.0277. The van der Waals surface area contributed by atoms with Crippen LogP contribution in [0.15, 0.2) is 54.0 Å². The standard InChI is InChI=1S/C37H44Cl2N8O2/c1-8-30(48)45-20-25-19-44(15-9-14-43(6)7)35-34(46(25)18-23(45)5)27-17-29(39)32(26-16-24(40)10-11-28(26)38)42-36(27)47(37(35)49)33-22(4)12-13-41-31(33)21(2)3/h8,10-13,16-17,21,23,25H,1,9,14-15,18-20,40H2,2-7H3. The first-order valence-electron chi connectivity index (χ1n) is 16.7. The Morgan fingerprint density at radius 3 is 2.55 bits per heavy atom. The zero-order chi connectivity index (χ0) is 35.3. The van der Waals surface area contributed by atoms with E-state index in [2.05, 4.69) is 35.1 Å². The van der Waals surface area contributed by atoms with Crippen LogP contribution in [0.5, 0.6) is 0 Å². The molecule has 12 heteroatoms. The van der Waals surface area contributed by atoms with E-state index in [1.165, 1.54) is 6.08 Å². The van der Waals surface area contributed by atoms with Gasteiger partial charge in [0.1, 0.15) is 11.3 Å². The zero-order valence-corrected chi connectivity index (χ0v) is 30.5. The molecule has 5 heterocycles. The molecule has 0 bridgehead atoms. The van der Waals surface area contributed by atoms with Crippen LogP contribution >= 0.6 is 23.2 Å². The molecular weight excluding hydrogens is 659 g/mol. The number of nitrogen functional groups attached to an aromatic ring is 1. The molecule has 0 radical (unpaired) electrons. The van der Waals surface area contributed by atoms with Crippen molar-refractivity contribution >= 4 is 57.2 Å². The normalized spacial score (nSPS) is 17.6. The third-order valence-electron chi connectivity index (χ3n) is 9.59. The van der Waals surface area contributed by atoms with Gasteiger partial charge in [-0.05, 0) is 88.8 Å². The molecule has 0 aliphatic carbocycles. The molecule has 1 saturated heterocycles. The van der Waals surface area contributed by atoms with E-state index in [1.807, 2.05) is 45.0 Å². The van der Waals surface area contributed by atoms with Gasteiger partial charge in [-0.25, -0.2) is 4.98 Å². The fourth-order valence-electron chi connectivity index (χ4n) is 7.26. The first-order chi connectivity index (χ1) is 23.3. The molecular formula is C37H44Cl2N8O2. The number of hydrogen-bond acceptors (Lipinski definition) is 8. The van der Waals surface area contributed by atoms with Gasteiger partial charge < -0.3 is 25.3 Å². The second-order valence-corrected chi connectivity index (χ2v) is 14.6. The lowest BCUT2D eigenvalue weighted by Crippen LogP contribution is -2.64. The molecule has 6 rings (SSSR count). The lowest BCUT2D eigenvalue weighted by molar-refractivity contribution is -0.128. The van der Waals surface area contributed by atoms with Crippen LogP contribution in [-0.4, -0.2) is 89.1 Å². The molecule has 10 nitrogen and oxygen atoms in total. The van der Waals surface area contributed by atoms with Gasteiger partial charge in [-0.3, -0.25) is 19.1 Å². The molecule has 258 valence electrons. The summed E-state index contributed by atoms with van der Waals surface area (Å²) in [5.74, 6) is -0.0704. The average Bonchev–Trinajstić information content (AvgIpc) is 3.05. The highest BCUT2D eigenvalue weighted by atomic mass is 35.5. The number of amides is 1. The highest BCUT2D eigenvalue weighted by molar-refractivity contribution is 6.37. The first kappa shape index (κ1) is 34.7. The molecule has 4 aromatic rings. The number of hydrogen-bond donors (Lipinski definition) is 1. The Balaban J connectivity index is 1.72. The molecule has 3 aromatic heterocycles. The van der Waals surface area contributed by atoms with Gasteiger partial charge in [-0.1, -0.05) is 43.6 Å². The van der Waals surface area contributed by atoms with Gasteiger partial charge in [-0.2, -0.15) is 0 Å². The quantitative estimate of drug-likeness (QED) is 0.173. The van der Waals surface area contributed by atoms with Gasteiger partial charge in [0.05, 0.1) is 38.8 Å². The second-order valence-electron chi connectivity index (χ2n) is 13.7. The smallest absolute Gasteiger partial charge is 0.282 e. The highest BCUT2D eigenvalue weighted by Gasteiger charge is 2.42. The van der Waals surface area contributed by atoms with Crippen LogP contribution < -0.4 is 21.1 Å². The van der Waals surface area contributed by atoms with E-state index in [0.29, 0.717) is 70.2 Å². The van der Waals surface area contributed by atoms with E-state index in [1.54, 1.807) is 29.0 Å². The van der Waals surface area contributed by atoms with E-state index >= 15 is 4.79 Å². The Bertz CT molecular complexity index is 2010. The number of piperazine rings is 1. The lowest BCUT2D eigenvalue weighted by atomic mass is 9.98. The van der Waals surface area contributed by atoms with E-state index < -0.39 is 0 Å². The molecule has 49 heavy (non-hydrogen) atoms. The van der Waals surface area contributed by atoms with Crippen molar-refractivity contribution in [3.05, 3.63) is 80.8 Å². The third-order valence-corrected chi connectivity index (χ3v) is 10.2. The van der Waals surface area contributed by atoms with Crippen LogP contribution in [-0.2, 0) is 4.79 Å². The summed E-state index contributed by atoms with van der Waals surface area (Å²) in [6, 6.07) is 8.83. The van der Waals surface area contributed by atoms with Crippen LogP contribution in [0.3, 0.4) is 0 Å². The van der Waals surface area contributed by atoms with Crippen molar-refractivity contribution in [1.82, 2.24) is 24.3 Å². The number of rotatable bonds is 8. The Morgan fingerprint density at radius 1 is 1.10 bits per heavy atom. The number of carbonyl (C=O) groups is 1. The number of nitrogens with zero attached hydrogens (tertiary/aromatic N) is 7. The van der Waals surface area contributed by atoms with E-state index in [0.717, 1.165) is 35.3 Å². The largest absolute Gasteiger partial charge is 0.399 e. The van der Waals surface area contributed by atoms with Crippen molar-refractivity contribution in [2.75, 3.05) is 62.4 Å².